The lowest BCUT2D eigenvalue weighted by Gasteiger charge is -1.95. The van der Waals surface area contributed by atoms with Crippen LogP contribution in [0.1, 0.15) is 25.3 Å². The van der Waals surface area contributed by atoms with Crippen LogP contribution in [0.3, 0.4) is 0 Å². The fourth-order valence-electron chi connectivity index (χ4n) is 1.56. The maximum Gasteiger partial charge on any atom is 0.0456 e. The molecule has 1 nitrogen and oxygen atoms in total. The summed E-state index contributed by atoms with van der Waals surface area (Å²) in [6, 6.07) is 8.41. The van der Waals surface area contributed by atoms with Crippen LogP contribution in [0.25, 0.3) is 10.9 Å². The minimum atomic E-state index is 1.15. The number of benzene rings is 1. The van der Waals surface area contributed by atoms with E-state index in [2.05, 4.69) is 48.8 Å². The molecule has 1 heterocycles. The number of aromatic amines is 1. The number of aromatic nitrogens is 1. The Labute approximate surface area is 78.8 Å². The van der Waals surface area contributed by atoms with Gasteiger partial charge in [0.1, 0.15) is 0 Å². The van der Waals surface area contributed by atoms with Crippen LogP contribution in [0.5, 0.6) is 0 Å². The summed E-state index contributed by atoms with van der Waals surface area (Å²) >= 11 is 0. The highest BCUT2D eigenvalue weighted by Gasteiger charge is 2.00. The smallest absolute Gasteiger partial charge is 0.0456 e. The monoisotopic (exact) mass is 172 g/mol. The number of unbranched alkanes of at least 4 members (excludes halogenated alkanes) is 1. The molecule has 1 heteroatoms. The molecule has 13 heavy (non-hydrogen) atoms. The standard InChI is InChI=1S/C12H14N/c1-2-3-6-10-9-13-12-8-5-4-7-11(10)12/h4-9,13H,2-3H2,1H3. The summed E-state index contributed by atoms with van der Waals surface area (Å²) in [4.78, 5) is 3.27. The zero-order valence-corrected chi connectivity index (χ0v) is 7.88. The molecule has 1 radical (unpaired) electrons. The van der Waals surface area contributed by atoms with Gasteiger partial charge in [-0.2, -0.15) is 0 Å². The zero-order valence-electron chi connectivity index (χ0n) is 7.88. The van der Waals surface area contributed by atoms with Crippen LogP contribution in [0.15, 0.2) is 30.5 Å². The van der Waals surface area contributed by atoms with Crippen molar-refractivity contribution in [3.63, 3.8) is 0 Å². The Kier molecular flexibility index (Phi) is 2.35. The van der Waals surface area contributed by atoms with Gasteiger partial charge in [-0.25, -0.2) is 0 Å². The van der Waals surface area contributed by atoms with Crippen molar-refractivity contribution in [1.29, 1.82) is 0 Å². The molecule has 2 aromatic rings. The van der Waals surface area contributed by atoms with E-state index in [0.29, 0.717) is 0 Å². The summed E-state index contributed by atoms with van der Waals surface area (Å²) in [5.41, 5.74) is 2.56. The van der Waals surface area contributed by atoms with Crippen LogP contribution in [0, 0.1) is 6.42 Å². The van der Waals surface area contributed by atoms with Gasteiger partial charge in [0.2, 0.25) is 0 Å². The average Bonchev–Trinajstić information content (AvgIpc) is 2.58. The largest absolute Gasteiger partial charge is 0.361 e. The van der Waals surface area contributed by atoms with E-state index >= 15 is 0 Å². The molecule has 2 rings (SSSR count). The molecule has 0 spiro atoms. The first-order chi connectivity index (χ1) is 6.42. The summed E-state index contributed by atoms with van der Waals surface area (Å²) in [6.45, 7) is 2.20. The molecule has 0 unspecified atom stereocenters. The SMILES string of the molecule is CCC[CH]c1c[nH]c2ccccc12. The van der Waals surface area contributed by atoms with E-state index in [1.54, 1.807) is 0 Å². The Balaban J connectivity index is 2.35. The maximum absolute atomic E-state index is 3.27. The van der Waals surface area contributed by atoms with Crippen molar-refractivity contribution in [3.05, 3.63) is 42.4 Å². The summed E-state index contributed by atoms with van der Waals surface area (Å²) in [5, 5.41) is 1.33. The first-order valence-electron chi connectivity index (χ1n) is 4.81. The van der Waals surface area contributed by atoms with Gasteiger partial charge in [-0.3, -0.25) is 0 Å². The van der Waals surface area contributed by atoms with E-state index in [4.69, 9.17) is 0 Å². The number of fused-ring (bicyclic) bond motifs is 1. The van der Waals surface area contributed by atoms with Crippen molar-refractivity contribution in [1.82, 2.24) is 4.98 Å². The van der Waals surface area contributed by atoms with Crippen LogP contribution in [-0.2, 0) is 0 Å². The fourth-order valence-corrected chi connectivity index (χ4v) is 1.56. The van der Waals surface area contributed by atoms with Crippen LogP contribution in [0.4, 0.5) is 0 Å². The second kappa shape index (κ2) is 3.65. The summed E-state index contributed by atoms with van der Waals surface area (Å²) < 4.78 is 0. The molecule has 0 aliphatic carbocycles. The van der Waals surface area contributed by atoms with Crippen molar-refractivity contribution in [3.8, 4) is 0 Å². The predicted molar refractivity (Wildman–Crippen MR) is 56.6 cm³/mol. The highest BCUT2D eigenvalue weighted by Crippen LogP contribution is 2.20. The van der Waals surface area contributed by atoms with Crippen molar-refractivity contribution in [2.24, 2.45) is 0 Å². The molecule has 1 aromatic heterocycles. The normalized spacial score (nSPS) is 10.8. The molecule has 0 bridgehead atoms. The van der Waals surface area contributed by atoms with Gasteiger partial charge in [0.15, 0.2) is 0 Å². The summed E-state index contributed by atoms with van der Waals surface area (Å²) in [6.07, 6.45) is 6.74. The second-order valence-electron chi connectivity index (χ2n) is 3.28. The van der Waals surface area contributed by atoms with Gasteiger partial charge in [0.05, 0.1) is 0 Å². The van der Waals surface area contributed by atoms with Crippen LogP contribution < -0.4 is 0 Å². The van der Waals surface area contributed by atoms with Gasteiger partial charge < -0.3 is 4.98 Å². The Morgan fingerprint density at radius 1 is 1.31 bits per heavy atom. The third-order valence-corrected chi connectivity index (χ3v) is 2.27. The van der Waals surface area contributed by atoms with Crippen molar-refractivity contribution in [2.75, 3.05) is 0 Å². The van der Waals surface area contributed by atoms with E-state index in [0.717, 1.165) is 6.42 Å². The number of para-hydroxylation sites is 1. The van der Waals surface area contributed by atoms with Crippen LogP contribution in [-0.4, -0.2) is 4.98 Å². The maximum atomic E-state index is 3.27. The average molecular weight is 172 g/mol. The van der Waals surface area contributed by atoms with E-state index in [1.807, 2.05) is 0 Å². The Bertz CT molecular complexity index is 387. The van der Waals surface area contributed by atoms with E-state index < -0.39 is 0 Å². The van der Waals surface area contributed by atoms with E-state index in [9.17, 15) is 0 Å². The molecule has 0 fully saturated rings. The lowest BCUT2D eigenvalue weighted by atomic mass is 10.1. The van der Waals surface area contributed by atoms with Gasteiger partial charge in [-0.05, 0) is 24.5 Å². The van der Waals surface area contributed by atoms with Crippen molar-refractivity contribution >= 4 is 10.9 Å². The minimum absolute atomic E-state index is 1.15. The third-order valence-electron chi connectivity index (χ3n) is 2.27. The van der Waals surface area contributed by atoms with Gasteiger partial charge in [0, 0.05) is 17.1 Å². The number of rotatable bonds is 3. The lowest BCUT2D eigenvalue weighted by Crippen LogP contribution is -1.77. The first-order valence-corrected chi connectivity index (χ1v) is 4.81. The Hall–Kier alpha value is -1.24. The van der Waals surface area contributed by atoms with E-state index in [-0.39, 0.29) is 0 Å². The molecule has 0 aliphatic heterocycles. The molecule has 0 saturated carbocycles. The Morgan fingerprint density at radius 3 is 3.00 bits per heavy atom. The second-order valence-corrected chi connectivity index (χ2v) is 3.28. The molecule has 67 valence electrons. The molecule has 0 saturated heterocycles. The van der Waals surface area contributed by atoms with Gasteiger partial charge in [-0.15, -0.1) is 0 Å². The van der Waals surface area contributed by atoms with Gasteiger partial charge >= 0.3 is 0 Å². The number of nitrogens with one attached hydrogen (secondary N) is 1. The van der Waals surface area contributed by atoms with Crippen LogP contribution in [0.2, 0.25) is 0 Å². The molecular formula is C12H14N. The molecule has 0 atom stereocenters. The molecule has 1 aromatic carbocycles. The predicted octanol–water partition coefficient (Wildman–Crippen LogP) is 3.52. The molecule has 0 amide bonds. The zero-order chi connectivity index (χ0) is 9.10. The molecule has 1 N–H and O–H groups in total. The first kappa shape index (κ1) is 8.36. The number of hydrogen-bond donors (Lipinski definition) is 1. The van der Waals surface area contributed by atoms with Crippen LogP contribution >= 0.6 is 0 Å². The quantitative estimate of drug-likeness (QED) is 0.729. The highest BCUT2D eigenvalue weighted by atomic mass is 14.7. The molecular weight excluding hydrogens is 158 g/mol. The topological polar surface area (TPSA) is 15.8 Å². The number of hydrogen-bond acceptors (Lipinski definition) is 0. The highest BCUT2D eigenvalue weighted by molar-refractivity contribution is 5.84. The Morgan fingerprint density at radius 2 is 2.15 bits per heavy atom. The lowest BCUT2D eigenvalue weighted by molar-refractivity contribution is 0.916. The van der Waals surface area contributed by atoms with Crippen molar-refractivity contribution in [2.45, 2.75) is 19.8 Å². The summed E-state index contributed by atoms with van der Waals surface area (Å²) in [5.74, 6) is 0. The molecule has 0 aliphatic rings. The third kappa shape index (κ3) is 1.59. The van der Waals surface area contributed by atoms with Gasteiger partial charge in [0.25, 0.3) is 0 Å². The fraction of sp³-hybridized carbons (Fsp3) is 0.250. The minimum Gasteiger partial charge on any atom is -0.361 e. The van der Waals surface area contributed by atoms with Gasteiger partial charge in [-0.1, -0.05) is 31.5 Å². The van der Waals surface area contributed by atoms with E-state index in [1.165, 1.54) is 22.9 Å². The number of H-pyrrole nitrogens is 1. The summed E-state index contributed by atoms with van der Waals surface area (Å²) in [7, 11) is 0. The van der Waals surface area contributed by atoms with Crippen molar-refractivity contribution < 1.29 is 0 Å².